The zero-order valence-corrected chi connectivity index (χ0v) is 6.67. The summed E-state index contributed by atoms with van der Waals surface area (Å²) in [7, 11) is 0. The summed E-state index contributed by atoms with van der Waals surface area (Å²) in [5.41, 5.74) is 0. The third kappa shape index (κ3) is 6.03. The Hall–Kier alpha value is -0.390. The van der Waals surface area contributed by atoms with Crippen LogP contribution in [0.3, 0.4) is 0 Å². The van der Waals surface area contributed by atoms with Crippen LogP contribution in [-0.4, -0.2) is 23.9 Å². The Kier molecular flexibility index (Phi) is 3.71. The van der Waals surface area contributed by atoms with E-state index in [4.69, 9.17) is 0 Å². The van der Waals surface area contributed by atoms with Crippen molar-refractivity contribution >= 4 is 18.5 Å². The van der Waals surface area contributed by atoms with Crippen molar-refractivity contribution in [2.24, 2.45) is 0 Å². The summed E-state index contributed by atoms with van der Waals surface area (Å²) in [5.74, 6) is -0.717. The highest BCUT2D eigenvalue weighted by molar-refractivity contribution is 7.81. The monoisotopic (exact) mass is 187 g/mol. The zero-order valence-electron chi connectivity index (χ0n) is 5.77. The number of carbonyl (C=O) groups is 1. The van der Waals surface area contributed by atoms with Crippen LogP contribution < -0.4 is 5.32 Å². The number of halogens is 3. The Balaban J connectivity index is 3.64. The van der Waals surface area contributed by atoms with Crippen LogP contribution in [0.4, 0.5) is 13.2 Å². The van der Waals surface area contributed by atoms with Crippen LogP contribution in [0.15, 0.2) is 0 Å². The number of nitrogens with one attached hydrogen (secondary N) is 1. The van der Waals surface area contributed by atoms with Crippen molar-refractivity contribution in [3.05, 3.63) is 0 Å². The van der Waals surface area contributed by atoms with Gasteiger partial charge >= 0.3 is 6.18 Å². The molecule has 0 saturated heterocycles. The highest BCUT2D eigenvalue weighted by atomic mass is 32.1. The lowest BCUT2D eigenvalue weighted by Crippen LogP contribution is -2.37. The van der Waals surface area contributed by atoms with E-state index in [2.05, 4.69) is 12.6 Å². The van der Waals surface area contributed by atoms with E-state index in [0.717, 1.165) is 0 Å². The van der Waals surface area contributed by atoms with Gasteiger partial charge in [-0.15, -0.1) is 0 Å². The molecule has 0 heterocycles. The van der Waals surface area contributed by atoms with E-state index < -0.39 is 23.9 Å². The standard InChI is InChI=1S/C5H8F3NOS/c1-3(11)4(10)9-2-5(6,7)8/h3,11H,2H2,1H3,(H,9,10). The molecule has 0 aliphatic carbocycles. The van der Waals surface area contributed by atoms with Crippen LogP contribution >= 0.6 is 12.6 Å². The van der Waals surface area contributed by atoms with Gasteiger partial charge < -0.3 is 5.32 Å². The summed E-state index contributed by atoms with van der Waals surface area (Å²) in [5, 5.41) is 0.971. The van der Waals surface area contributed by atoms with Crippen LogP contribution in [0.25, 0.3) is 0 Å². The molecule has 0 aromatic rings. The predicted molar refractivity (Wildman–Crippen MR) is 37.5 cm³/mol. The number of carbonyl (C=O) groups excluding carboxylic acids is 1. The van der Waals surface area contributed by atoms with Crippen molar-refractivity contribution in [3.8, 4) is 0 Å². The van der Waals surface area contributed by atoms with Gasteiger partial charge in [0.15, 0.2) is 0 Å². The maximum Gasteiger partial charge on any atom is 0.405 e. The van der Waals surface area contributed by atoms with Gasteiger partial charge in [0, 0.05) is 0 Å². The molecule has 1 N–H and O–H groups in total. The molecule has 0 aromatic heterocycles. The number of amides is 1. The Labute approximate surface area is 67.6 Å². The summed E-state index contributed by atoms with van der Waals surface area (Å²) in [4.78, 5) is 10.5. The van der Waals surface area contributed by atoms with Crippen LogP contribution in [0.2, 0.25) is 0 Å². The molecule has 66 valence electrons. The minimum Gasteiger partial charge on any atom is -0.346 e. The smallest absolute Gasteiger partial charge is 0.346 e. The first kappa shape index (κ1) is 10.6. The molecule has 1 atom stereocenters. The topological polar surface area (TPSA) is 29.1 Å². The van der Waals surface area contributed by atoms with Crippen molar-refractivity contribution in [2.75, 3.05) is 6.54 Å². The average molecular weight is 187 g/mol. The molecule has 6 heteroatoms. The summed E-state index contributed by atoms with van der Waals surface area (Å²) < 4.78 is 34.3. The maximum absolute atomic E-state index is 11.4. The largest absolute Gasteiger partial charge is 0.405 e. The van der Waals surface area contributed by atoms with Crippen molar-refractivity contribution in [3.63, 3.8) is 0 Å². The van der Waals surface area contributed by atoms with Gasteiger partial charge in [0.1, 0.15) is 6.54 Å². The van der Waals surface area contributed by atoms with Gasteiger partial charge in [-0.3, -0.25) is 4.79 Å². The van der Waals surface area contributed by atoms with Gasteiger partial charge in [0.05, 0.1) is 5.25 Å². The van der Waals surface area contributed by atoms with Crippen molar-refractivity contribution in [2.45, 2.75) is 18.3 Å². The minimum atomic E-state index is -4.35. The first-order chi connectivity index (χ1) is 4.83. The second kappa shape index (κ2) is 3.85. The van der Waals surface area contributed by atoms with Crippen molar-refractivity contribution in [1.29, 1.82) is 0 Å². The normalized spacial score (nSPS) is 14.3. The van der Waals surface area contributed by atoms with Gasteiger partial charge in [-0.2, -0.15) is 25.8 Å². The van der Waals surface area contributed by atoms with E-state index in [1.54, 1.807) is 5.32 Å². The van der Waals surface area contributed by atoms with Gasteiger partial charge in [-0.1, -0.05) is 0 Å². The van der Waals surface area contributed by atoms with Gasteiger partial charge in [0.2, 0.25) is 5.91 Å². The van der Waals surface area contributed by atoms with Crippen molar-refractivity contribution < 1.29 is 18.0 Å². The molecule has 0 aliphatic rings. The third-order valence-corrected chi connectivity index (χ3v) is 1.08. The van der Waals surface area contributed by atoms with Gasteiger partial charge in [0.25, 0.3) is 0 Å². The zero-order chi connectivity index (χ0) is 9.07. The molecule has 0 saturated carbocycles. The number of rotatable bonds is 2. The fourth-order valence-electron chi connectivity index (χ4n) is 0.335. The quantitative estimate of drug-likeness (QED) is 0.620. The summed E-state index contributed by atoms with van der Waals surface area (Å²) in [6.45, 7) is 0.103. The number of thiol groups is 1. The van der Waals surface area contributed by atoms with Crippen molar-refractivity contribution in [1.82, 2.24) is 5.32 Å². The maximum atomic E-state index is 11.4. The second-order valence-corrected chi connectivity index (χ2v) is 2.78. The number of alkyl halides is 3. The SMILES string of the molecule is CC(S)C(=O)NCC(F)(F)F. The molecule has 0 rings (SSSR count). The van der Waals surface area contributed by atoms with E-state index in [0.29, 0.717) is 0 Å². The molecule has 2 nitrogen and oxygen atoms in total. The van der Waals surface area contributed by atoms with E-state index in [9.17, 15) is 18.0 Å². The lowest BCUT2D eigenvalue weighted by Gasteiger charge is -2.09. The van der Waals surface area contributed by atoms with Gasteiger partial charge in [-0.25, -0.2) is 0 Å². The highest BCUT2D eigenvalue weighted by Gasteiger charge is 2.28. The Morgan fingerprint density at radius 1 is 1.64 bits per heavy atom. The van der Waals surface area contributed by atoms with E-state index in [1.807, 2.05) is 0 Å². The van der Waals surface area contributed by atoms with E-state index in [1.165, 1.54) is 6.92 Å². The predicted octanol–water partition coefficient (Wildman–Crippen LogP) is 0.983. The van der Waals surface area contributed by atoms with E-state index in [-0.39, 0.29) is 0 Å². The summed E-state index contributed by atoms with van der Waals surface area (Å²) >= 11 is 3.64. The van der Waals surface area contributed by atoms with Crippen LogP contribution in [0, 0.1) is 0 Å². The van der Waals surface area contributed by atoms with Crippen LogP contribution in [0.1, 0.15) is 6.92 Å². The molecule has 11 heavy (non-hydrogen) atoms. The number of hydrogen-bond donors (Lipinski definition) is 2. The second-order valence-electron chi connectivity index (χ2n) is 2.01. The molecule has 1 amide bonds. The van der Waals surface area contributed by atoms with Crippen LogP contribution in [0.5, 0.6) is 0 Å². The van der Waals surface area contributed by atoms with E-state index >= 15 is 0 Å². The molecule has 0 aromatic carbocycles. The summed E-state index contributed by atoms with van der Waals surface area (Å²) in [6.07, 6.45) is -4.35. The molecule has 1 unspecified atom stereocenters. The summed E-state index contributed by atoms with van der Waals surface area (Å²) in [6, 6.07) is 0. The Bertz CT molecular complexity index is 145. The first-order valence-corrected chi connectivity index (χ1v) is 3.37. The first-order valence-electron chi connectivity index (χ1n) is 2.85. The molecular formula is C5H8F3NOS. The fourth-order valence-corrected chi connectivity index (χ4v) is 0.426. The van der Waals surface area contributed by atoms with Gasteiger partial charge in [-0.05, 0) is 6.92 Å². The lowest BCUT2D eigenvalue weighted by molar-refractivity contribution is -0.137. The average Bonchev–Trinajstić information content (AvgIpc) is 1.80. The Morgan fingerprint density at radius 3 is 2.36 bits per heavy atom. The fraction of sp³-hybridized carbons (Fsp3) is 0.800. The van der Waals surface area contributed by atoms with Crippen LogP contribution in [-0.2, 0) is 4.79 Å². The molecule has 0 bridgehead atoms. The number of hydrogen-bond acceptors (Lipinski definition) is 2. The third-order valence-electron chi connectivity index (χ3n) is 0.843. The highest BCUT2D eigenvalue weighted by Crippen LogP contribution is 2.12. The molecule has 0 aliphatic heterocycles. The molecular weight excluding hydrogens is 179 g/mol. The molecule has 0 spiro atoms. The molecule has 0 radical (unpaired) electrons. The Morgan fingerprint density at radius 2 is 2.09 bits per heavy atom. The minimum absolute atomic E-state index is 0.711. The lowest BCUT2D eigenvalue weighted by atomic mass is 10.4. The molecule has 0 fully saturated rings.